The lowest BCUT2D eigenvalue weighted by molar-refractivity contribution is -0.114. The Morgan fingerprint density at radius 2 is 0.913 bits per heavy atom. The van der Waals surface area contributed by atoms with Gasteiger partial charge in [-0.3, -0.25) is 9.59 Å². The van der Waals surface area contributed by atoms with Crippen LogP contribution in [0.1, 0.15) is 55.4 Å². The topological polar surface area (TPSA) is 83.6 Å². The summed E-state index contributed by atoms with van der Waals surface area (Å²) in [5.74, 6) is 0.0500. The van der Waals surface area contributed by atoms with Crippen molar-refractivity contribution in [2.75, 3.05) is 0 Å². The highest BCUT2D eigenvalue weighted by atomic mass is 35.5. The lowest BCUT2D eigenvalue weighted by Crippen LogP contribution is -2.27. The summed E-state index contributed by atoms with van der Waals surface area (Å²) in [6.07, 6.45) is 10.4. The highest BCUT2D eigenvalue weighted by molar-refractivity contribution is 6.40. The molecule has 46 heavy (non-hydrogen) atoms. The predicted molar refractivity (Wildman–Crippen MR) is 190 cm³/mol. The Labute approximate surface area is 290 Å². The molecule has 6 nitrogen and oxygen atoms in total. The van der Waals surface area contributed by atoms with Crippen molar-refractivity contribution in [3.05, 3.63) is 114 Å². The predicted octanol–water partition coefficient (Wildman–Crippen LogP) is 12.9. The van der Waals surface area contributed by atoms with Crippen molar-refractivity contribution in [1.82, 2.24) is 0 Å². The van der Waals surface area contributed by atoms with E-state index in [9.17, 15) is 9.59 Å². The largest absolute Gasteiger partial charge is 0.289 e. The van der Waals surface area contributed by atoms with Gasteiger partial charge in [0.25, 0.3) is 0 Å². The molecule has 238 valence electrons. The lowest BCUT2D eigenvalue weighted by atomic mass is 9.72. The molecule has 0 heterocycles. The van der Waals surface area contributed by atoms with E-state index in [2.05, 4.69) is 20.5 Å². The molecule has 2 aromatic rings. The number of ketones is 2. The standard InChI is InChI=1S/C36H34Cl4N4O2/c1-19-9-21(10-20(2)33(19)45)17-41-43-31-15-27(37)23(13-29(31)39)24-14-30(40)32(16-28(24)38)44-42-18-22-11-25(35(3,4)5)34(46)26(12-22)36(6,7)8/h9-18H,1-8H3/b43-41+,44-42+. The number of rotatable bonds is 5. The van der Waals surface area contributed by atoms with Crippen LogP contribution >= 0.6 is 46.4 Å². The number of hydrogen-bond acceptors (Lipinski definition) is 6. The van der Waals surface area contributed by atoms with E-state index in [1.54, 1.807) is 62.7 Å². The van der Waals surface area contributed by atoms with Gasteiger partial charge in [-0.15, -0.1) is 10.2 Å². The number of carbonyl (C=O) groups is 2. The van der Waals surface area contributed by atoms with Gasteiger partial charge in [0.15, 0.2) is 11.6 Å². The SMILES string of the molecule is CC1=CC(=C/N=N/c2cc(Cl)c(-c3cc(Cl)c(/N=N/C=C4C=C(C(C)(C)C)C(=O)C(C(C)(C)C)=C4)cc3Cl)cc2Cl)C=C(C)C1=O. The Morgan fingerprint density at radius 3 is 1.28 bits per heavy atom. The fraction of sp³-hybridized carbons (Fsp3) is 0.278. The van der Waals surface area contributed by atoms with Gasteiger partial charge in [0.05, 0.1) is 32.5 Å². The summed E-state index contributed by atoms with van der Waals surface area (Å²) in [6.45, 7) is 15.6. The van der Waals surface area contributed by atoms with E-state index in [1.807, 2.05) is 53.7 Å². The van der Waals surface area contributed by atoms with Crippen LogP contribution in [0, 0.1) is 10.8 Å². The number of halogens is 4. The summed E-state index contributed by atoms with van der Waals surface area (Å²) < 4.78 is 0. The van der Waals surface area contributed by atoms with Crippen molar-refractivity contribution in [3.8, 4) is 11.1 Å². The van der Waals surface area contributed by atoms with Crippen LogP contribution in [0.4, 0.5) is 11.4 Å². The minimum atomic E-state index is -0.335. The normalized spacial score (nSPS) is 16.2. The quantitative estimate of drug-likeness (QED) is 0.292. The van der Waals surface area contributed by atoms with Crippen LogP contribution < -0.4 is 0 Å². The van der Waals surface area contributed by atoms with Crippen molar-refractivity contribution in [1.29, 1.82) is 0 Å². The molecule has 0 aliphatic heterocycles. The summed E-state index contributed by atoms with van der Waals surface area (Å²) >= 11 is 26.4. The molecule has 4 rings (SSSR count). The second-order valence-electron chi connectivity index (χ2n) is 13.2. The van der Waals surface area contributed by atoms with Crippen molar-refractivity contribution < 1.29 is 9.59 Å². The van der Waals surface area contributed by atoms with Gasteiger partial charge in [0.2, 0.25) is 0 Å². The Hall–Kier alpha value is -3.42. The van der Waals surface area contributed by atoms with E-state index in [0.29, 0.717) is 64.9 Å². The summed E-state index contributed by atoms with van der Waals surface area (Å²) in [6, 6.07) is 6.48. The third kappa shape index (κ3) is 8.10. The van der Waals surface area contributed by atoms with E-state index < -0.39 is 0 Å². The molecule has 0 bridgehead atoms. The first kappa shape index (κ1) is 35.4. The zero-order valence-corrected chi connectivity index (χ0v) is 29.9. The molecule has 0 fully saturated rings. The van der Waals surface area contributed by atoms with Gasteiger partial charge >= 0.3 is 0 Å². The minimum absolute atomic E-state index is 0.00384. The minimum Gasteiger partial charge on any atom is -0.289 e. The number of hydrogen-bond donors (Lipinski definition) is 0. The Kier molecular flexibility index (Phi) is 10.6. The van der Waals surface area contributed by atoms with Gasteiger partial charge in [-0.1, -0.05) is 87.9 Å². The molecule has 2 aliphatic rings. The second kappa shape index (κ2) is 13.7. The Morgan fingerprint density at radius 1 is 0.543 bits per heavy atom. The van der Waals surface area contributed by atoms with E-state index in [-0.39, 0.29) is 22.4 Å². The third-order valence-electron chi connectivity index (χ3n) is 7.32. The smallest absolute Gasteiger partial charge is 0.186 e. The van der Waals surface area contributed by atoms with Crippen molar-refractivity contribution in [2.24, 2.45) is 31.3 Å². The van der Waals surface area contributed by atoms with E-state index >= 15 is 0 Å². The first-order valence-corrected chi connectivity index (χ1v) is 16.0. The van der Waals surface area contributed by atoms with E-state index in [4.69, 9.17) is 46.4 Å². The fourth-order valence-electron chi connectivity index (χ4n) is 4.85. The van der Waals surface area contributed by atoms with Crippen LogP contribution in [0.2, 0.25) is 20.1 Å². The maximum Gasteiger partial charge on any atom is 0.186 e. The maximum atomic E-state index is 13.2. The number of allylic oxidation sites excluding steroid dienone is 10. The Balaban J connectivity index is 1.60. The number of nitrogens with zero attached hydrogens (tertiary/aromatic N) is 4. The van der Waals surface area contributed by atoms with Gasteiger partial charge in [-0.2, -0.15) is 10.2 Å². The molecule has 10 heteroatoms. The molecule has 2 aliphatic carbocycles. The van der Waals surface area contributed by atoms with E-state index in [0.717, 1.165) is 11.1 Å². The van der Waals surface area contributed by atoms with Crippen LogP contribution in [0.3, 0.4) is 0 Å². The molecule has 0 atom stereocenters. The summed E-state index contributed by atoms with van der Waals surface area (Å²) in [4.78, 5) is 25.2. The molecule has 0 saturated heterocycles. The van der Waals surface area contributed by atoms with Crippen LogP contribution in [0.5, 0.6) is 0 Å². The van der Waals surface area contributed by atoms with Crippen molar-refractivity contribution >= 4 is 69.3 Å². The highest BCUT2D eigenvalue weighted by Gasteiger charge is 2.34. The van der Waals surface area contributed by atoms with Gasteiger partial charge < -0.3 is 0 Å². The van der Waals surface area contributed by atoms with Gasteiger partial charge in [-0.05, 0) is 95.5 Å². The first-order chi connectivity index (χ1) is 21.4. The zero-order valence-electron chi connectivity index (χ0n) is 26.9. The number of azo groups is 2. The monoisotopic (exact) mass is 694 g/mol. The fourth-order valence-corrected chi connectivity index (χ4v) is 5.77. The average molecular weight is 697 g/mol. The van der Waals surface area contributed by atoms with Gasteiger partial charge in [-0.25, -0.2) is 0 Å². The first-order valence-electron chi connectivity index (χ1n) is 14.5. The van der Waals surface area contributed by atoms with Gasteiger partial charge in [0.1, 0.15) is 11.4 Å². The molecule has 0 radical (unpaired) electrons. The highest BCUT2D eigenvalue weighted by Crippen LogP contribution is 2.43. The molecule has 0 spiro atoms. The number of carbonyl (C=O) groups excluding carboxylic acids is 2. The lowest BCUT2D eigenvalue weighted by Gasteiger charge is -2.31. The maximum absolute atomic E-state index is 13.2. The van der Waals surface area contributed by atoms with Crippen molar-refractivity contribution in [3.63, 3.8) is 0 Å². The summed E-state index contributed by atoms with van der Waals surface area (Å²) in [5, 5.41) is 18.2. The van der Waals surface area contributed by atoms with E-state index in [1.165, 1.54) is 0 Å². The van der Waals surface area contributed by atoms with Crippen LogP contribution in [-0.4, -0.2) is 11.6 Å². The molecule has 0 unspecified atom stereocenters. The number of Topliss-reactive ketones (excluding diaryl/α,β-unsaturated/α-hetero) is 2. The number of benzene rings is 2. The Bertz CT molecular complexity index is 1830. The van der Waals surface area contributed by atoms with Gasteiger partial charge in [0, 0.05) is 22.3 Å². The van der Waals surface area contributed by atoms with Crippen LogP contribution in [0.25, 0.3) is 11.1 Å². The van der Waals surface area contributed by atoms with Crippen LogP contribution in [0.15, 0.2) is 115 Å². The zero-order chi connectivity index (χ0) is 34.1. The molecule has 0 aromatic heterocycles. The molecular formula is C36H34Cl4N4O2. The third-order valence-corrected chi connectivity index (χ3v) is 8.55. The van der Waals surface area contributed by atoms with Crippen molar-refractivity contribution in [2.45, 2.75) is 55.4 Å². The summed E-state index contributed by atoms with van der Waals surface area (Å²) in [7, 11) is 0. The molecule has 0 N–H and O–H groups in total. The molecule has 2 aromatic carbocycles. The van der Waals surface area contributed by atoms with Crippen LogP contribution in [-0.2, 0) is 9.59 Å². The molecule has 0 saturated carbocycles. The average Bonchev–Trinajstić information content (AvgIpc) is 2.94. The molecular weight excluding hydrogens is 662 g/mol. The second-order valence-corrected chi connectivity index (χ2v) is 14.8. The molecule has 0 amide bonds. The summed E-state index contributed by atoms with van der Waals surface area (Å²) in [5.41, 5.74) is 5.36.